The number of hydrogen-bond acceptors (Lipinski definition) is 2. The molecule has 76 valence electrons. The highest BCUT2D eigenvalue weighted by molar-refractivity contribution is 5.89. The summed E-state index contributed by atoms with van der Waals surface area (Å²) in [4.78, 5) is 14.4. The molecule has 0 aliphatic heterocycles. The Morgan fingerprint density at radius 3 is 2.57 bits per heavy atom. The number of rotatable bonds is 2. The summed E-state index contributed by atoms with van der Waals surface area (Å²) < 4.78 is 13.2. The predicted molar refractivity (Wildman–Crippen MR) is 50.0 cm³/mol. The van der Waals surface area contributed by atoms with E-state index < -0.39 is 11.9 Å². The zero-order chi connectivity index (χ0) is 10.9. The van der Waals surface area contributed by atoms with E-state index in [1.165, 1.54) is 13.0 Å². The SMILES string of the molecule is Cc1c(C(=O)O)cc(C(C)C)nc1F. The summed E-state index contributed by atoms with van der Waals surface area (Å²) in [6, 6.07) is 1.42. The number of carboxylic acid groups (broad SMARTS) is 1. The van der Waals surface area contributed by atoms with E-state index in [-0.39, 0.29) is 17.0 Å². The Morgan fingerprint density at radius 2 is 2.14 bits per heavy atom. The van der Waals surface area contributed by atoms with Gasteiger partial charge in [-0.1, -0.05) is 13.8 Å². The minimum absolute atomic E-state index is 0.0128. The van der Waals surface area contributed by atoms with E-state index in [1.54, 1.807) is 0 Å². The van der Waals surface area contributed by atoms with Crippen molar-refractivity contribution < 1.29 is 14.3 Å². The van der Waals surface area contributed by atoms with E-state index in [1.807, 2.05) is 13.8 Å². The maximum Gasteiger partial charge on any atom is 0.336 e. The Balaban J connectivity index is 3.35. The van der Waals surface area contributed by atoms with Crippen LogP contribution in [0.15, 0.2) is 6.07 Å². The number of halogens is 1. The number of aromatic nitrogens is 1. The average Bonchev–Trinajstić information content (AvgIpc) is 2.08. The van der Waals surface area contributed by atoms with Crippen LogP contribution in [-0.4, -0.2) is 16.1 Å². The zero-order valence-corrected chi connectivity index (χ0v) is 8.34. The van der Waals surface area contributed by atoms with Crippen molar-refractivity contribution in [3.8, 4) is 0 Å². The highest BCUT2D eigenvalue weighted by atomic mass is 19.1. The van der Waals surface area contributed by atoms with Crippen LogP contribution in [0, 0.1) is 12.9 Å². The number of aromatic carboxylic acids is 1. The molecule has 0 aromatic carbocycles. The average molecular weight is 197 g/mol. The number of carboxylic acids is 1. The fourth-order valence-corrected chi connectivity index (χ4v) is 1.11. The lowest BCUT2D eigenvalue weighted by Gasteiger charge is -2.08. The normalized spacial score (nSPS) is 10.6. The smallest absolute Gasteiger partial charge is 0.336 e. The molecule has 0 saturated heterocycles. The first-order chi connectivity index (χ1) is 6.43. The fourth-order valence-electron chi connectivity index (χ4n) is 1.11. The van der Waals surface area contributed by atoms with E-state index in [4.69, 9.17) is 5.11 Å². The van der Waals surface area contributed by atoms with Crippen molar-refractivity contribution in [3.63, 3.8) is 0 Å². The molecular formula is C10H12FNO2. The largest absolute Gasteiger partial charge is 0.478 e. The topological polar surface area (TPSA) is 50.2 Å². The maximum absolute atomic E-state index is 13.2. The van der Waals surface area contributed by atoms with Gasteiger partial charge >= 0.3 is 5.97 Å². The standard InChI is InChI=1S/C10H12FNO2/c1-5(2)8-4-7(10(13)14)6(3)9(11)12-8/h4-5H,1-3H3,(H,13,14). The second-order valence-electron chi connectivity index (χ2n) is 3.47. The number of nitrogens with zero attached hydrogens (tertiary/aromatic N) is 1. The predicted octanol–water partition coefficient (Wildman–Crippen LogP) is 2.35. The molecule has 0 aliphatic rings. The Kier molecular flexibility index (Phi) is 2.84. The van der Waals surface area contributed by atoms with Crippen LogP contribution < -0.4 is 0 Å². The molecule has 1 N–H and O–H groups in total. The van der Waals surface area contributed by atoms with Gasteiger partial charge in [-0.15, -0.1) is 0 Å². The fraction of sp³-hybridized carbons (Fsp3) is 0.400. The van der Waals surface area contributed by atoms with Crippen molar-refractivity contribution >= 4 is 5.97 Å². The van der Waals surface area contributed by atoms with Crippen LogP contribution in [0.3, 0.4) is 0 Å². The van der Waals surface area contributed by atoms with E-state index in [9.17, 15) is 9.18 Å². The van der Waals surface area contributed by atoms with Crippen molar-refractivity contribution in [3.05, 3.63) is 28.8 Å². The Bertz CT molecular complexity index is 375. The van der Waals surface area contributed by atoms with Crippen LogP contribution in [-0.2, 0) is 0 Å². The monoisotopic (exact) mass is 197 g/mol. The van der Waals surface area contributed by atoms with E-state index in [0.717, 1.165) is 0 Å². The molecule has 0 atom stereocenters. The second kappa shape index (κ2) is 3.74. The third kappa shape index (κ3) is 1.89. The number of hydrogen-bond donors (Lipinski definition) is 1. The molecule has 0 amide bonds. The first-order valence-electron chi connectivity index (χ1n) is 4.33. The number of pyridine rings is 1. The lowest BCUT2D eigenvalue weighted by Crippen LogP contribution is -2.07. The van der Waals surface area contributed by atoms with Gasteiger partial charge in [0.25, 0.3) is 0 Å². The summed E-state index contributed by atoms with van der Waals surface area (Å²) in [7, 11) is 0. The summed E-state index contributed by atoms with van der Waals surface area (Å²) >= 11 is 0. The van der Waals surface area contributed by atoms with Gasteiger partial charge in [-0.2, -0.15) is 4.39 Å². The van der Waals surface area contributed by atoms with E-state index in [2.05, 4.69) is 4.98 Å². The van der Waals surface area contributed by atoms with Gasteiger partial charge in [-0.25, -0.2) is 9.78 Å². The van der Waals surface area contributed by atoms with Crippen molar-refractivity contribution in [2.45, 2.75) is 26.7 Å². The molecule has 0 radical (unpaired) electrons. The molecular weight excluding hydrogens is 185 g/mol. The van der Waals surface area contributed by atoms with E-state index >= 15 is 0 Å². The molecule has 14 heavy (non-hydrogen) atoms. The Labute approximate surface area is 81.6 Å². The summed E-state index contributed by atoms with van der Waals surface area (Å²) in [5, 5.41) is 8.80. The molecule has 0 saturated carbocycles. The van der Waals surface area contributed by atoms with Crippen molar-refractivity contribution in [2.24, 2.45) is 0 Å². The van der Waals surface area contributed by atoms with Crippen molar-refractivity contribution in [2.75, 3.05) is 0 Å². The molecule has 0 unspecified atom stereocenters. The van der Waals surface area contributed by atoms with Crippen LogP contribution in [0.4, 0.5) is 4.39 Å². The molecule has 0 fully saturated rings. The van der Waals surface area contributed by atoms with Gasteiger partial charge in [-0.05, 0) is 18.9 Å². The summed E-state index contributed by atoms with van der Waals surface area (Å²) in [6.07, 6.45) is 0. The highest BCUT2D eigenvalue weighted by Gasteiger charge is 2.15. The summed E-state index contributed by atoms with van der Waals surface area (Å²) in [5.41, 5.74) is 0.536. The molecule has 4 heteroatoms. The van der Waals surface area contributed by atoms with Crippen LogP contribution in [0.5, 0.6) is 0 Å². The maximum atomic E-state index is 13.2. The second-order valence-corrected chi connectivity index (χ2v) is 3.47. The molecule has 0 bridgehead atoms. The van der Waals surface area contributed by atoms with Gasteiger partial charge < -0.3 is 5.11 Å². The minimum Gasteiger partial charge on any atom is -0.478 e. The lowest BCUT2D eigenvalue weighted by atomic mass is 10.0. The lowest BCUT2D eigenvalue weighted by molar-refractivity contribution is 0.0695. The molecule has 1 aromatic heterocycles. The van der Waals surface area contributed by atoms with Gasteiger partial charge in [0.05, 0.1) is 5.56 Å². The van der Waals surface area contributed by atoms with Gasteiger partial charge in [0.15, 0.2) is 0 Å². The highest BCUT2D eigenvalue weighted by Crippen LogP contribution is 2.18. The Morgan fingerprint density at radius 1 is 1.57 bits per heavy atom. The molecule has 1 rings (SSSR count). The van der Waals surface area contributed by atoms with Crippen LogP contribution >= 0.6 is 0 Å². The molecule has 0 aliphatic carbocycles. The molecule has 3 nitrogen and oxygen atoms in total. The first-order valence-corrected chi connectivity index (χ1v) is 4.33. The first kappa shape index (κ1) is 10.6. The van der Waals surface area contributed by atoms with Crippen LogP contribution in [0.2, 0.25) is 0 Å². The number of carbonyl (C=O) groups is 1. The third-order valence-electron chi connectivity index (χ3n) is 2.05. The van der Waals surface area contributed by atoms with Crippen molar-refractivity contribution in [1.29, 1.82) is 0 Å². The summed E-state index contributed by atoms with van der Waals surface area (Å²) in [6.45, 7) is 5.08. The van der Waals surface area contributed by atoms with Gasteiger partial charge in [0, 0.05) is 11.3 Å². The van der Waals surface area contributed by atoms with Gasteiger partial charge in [-0.3, -0.25) is 0 Å². The van der Waals surface area contributed by atoms with Crippen molar-refractivity contribution in [1.82, 2.24) is 4.98 Å². The van der Waals surface area contributed by atoms with Gasteiger partial charge in [0.2, 0.25) is 5.95 Å². The molecule has 1 aromatic rings. The molecule has 0 spiro atoms. The van der Waals surface area contributed by atoms with E-state index in [0.29, 0.717) is 5.69 Å². The minimum atomic E-state index is -1.12. The summed E-state index contributed by atoms with van der Waals surface area (Å²) in [5.74, 6) is -1.80. The molecule has 1 heterocycles. The Hall–Kier alpha value is -1.45. The van der Waals surface area contributed by atoms with Gasteiger partial charge in [0.1, 0.15) is 0 Å². The zero-order valence-electron chi connectivity index (χ0n) is 8.34. The van der Waals surface area contributed by atoms with Crippen LogP contribution in [0.1, 0.15) is 41.4 Å². The third-order valence-corrected chi connectivity index (χ3v) is 2.05. The van der Waals surface area contributed by atoms with Crippen LogP contribution in [0.25, 0.3) is 0 Å². The quantitative estimate of drug-likeness (QED) is 0.740.